The summed E-state index contributed by atoms with van der Waals surface area (Å²) in [6.07, 6.45) is 1.33. The van der Waals surface area contributed by atoms with Crippen molar-refractivity contribution >= 4 is 42.5 Å². The Morgan fingerprint density at radius 2 is 1.69 bits per heavy atom. The van der Waals surface area contributed by atoms with E-state index in [2.05, 4.69) is 9.71 Å². The second-order valence-electron chi connectivity index (χ2n) is 5.30. The molecule has 0 bridgehead atoms. The minimum absolute atomic E-state index is 0.0157. The maximum atomic E-state index is 12.5. The molecular formula is C16H16N2O4S4. The fourth-order valence-electron chi connectivity index (χ4n) is 2.10. The van der Waals surface area contributed by atoms with E-state index >= 15 is 0 Å². The summed E-state index contributed by atoms with van der Waals surface area (Å²) < 4.78 is 51.5. The molecule has 0 amide bonds. The van der Waals surface area contributed by atoms with Gasteiger partial charge in [0.15, 0.2) is 14.0 Å². The first-order chi connectivity index (χ1) is 12.3. The number of hydrogen-bond donors (Lipinski definition) is 1. The van der Waals surface area contributed by atoms with E-state index in [9.17, 15) is 16.8 Å². The Kier molecular flexibility index (Phi) is 5.58. The van der Waals surface area contributed by atoms with E-state index in [1.165, 1.54) is 12.3 Å². The summed E-state index contributed by atoms with van der Waals surface area (Å²) in [5, 5.41) is 0.624. The smallest absolute Gasteiger partial charge is 0.243 e. The summed E-state index contributed by atoms with van der Waals surface area (Å²) in [6, 6.07) is 12.5. The molecule has 0 aliphatic carbocycles. The van der Waals surface area contributed by atoms with Crippen LogP contribution >= 0.6 is 22.7 Å². The molecule has 0 saturated carbocycles. The van der Waals surface area contributed by atoms with Crippen LogP contribution < -0.4 is 4.72 Å². The van der Waals surface area contributed by atoms with Gasteiger partial charge in [0.25, 0.3) is 10.0 Å². The lowest BCUT2D eigenvalue weighted by Crippen LogP contribution is -2.21. The first-order valence-electron chi connectivity index (χ1n) is 7.64. The standard InChI is InChI=1S/C16H16N2O4S4/c1-2-25(19,20)14-9-8-13(23-14)10-18-26(21,22)15-11-17-16(24-15)12-6-4-3-5-7-12/h3-9,11,18H,2,10H2,1H3. The van der Waals surface area contributed by atoms with E-state index in [1.807, 2.05) is 30.3 Å². The van der Waals surface area contributed by atoms with Crippen molar-refractivity contribution in [1.29, 1.82) is 0 Å². The average Bonchev–Trinajstić information content (AvgIpc) is 3.31. The third kappa shape index (κ3) is 4.21. The molecule has 0 aliphatic rings. The highest BCUT2D eigenvalue weighted by Gasteiger charge is 2.20. The van der Waals surface area contributed by atoms with Gasteiger partial charge in [0.1, 0.15) is 9.22 Å². The number of benzene rings is 1. The SMILES string of the molecule is CCS(=O)(=O)c1ccc(CNS(=O)(=O)c2cnc(-c3ccccc3)s2)s1. The molecule has 2 aromatic heterocycles. The number of sulfone groups is 1. The molecule has 2 heterocycles. The van der Waals surface area contributed by atoms with E-state index in [0.717, 1.165) is 28.2 Å². The van der Waals surface area contributed by atoms with Crippen molar-refractivity contribution in [3.8, 4) is 10.6 Å². The van der Waals surface area contributed by atoms with Crippen molar-refractivity contribution in [2.75, 3.05) is 5.75 Å². The number of aromatic nitrogens is 1. The Balaban J connectivity index is 1.73. The van der Waals surface area contributed by atoms with E-state index in [1.54, 1.807) is 13.0 Å². The third-order valence-electron chi connectivity index (χ3n) is 3.53. The van der Waals surface area contributed by atoms with Gasteiger partial charge in [-0.2, -0.15) is 0 Å². The lowest BCUT2D eigenvalue weighted by atomic mass is 10.2. The quantitative estimate of drug-likeness (QED) is 0.624. The lowest BCUT2D eigenvalue weighted by Gasteiger charge is -2.02. The number of nitrogens with zero attached hydrogens (tertiary/aromatic N) is 1. The molecule has 3 aromatic rings. The van der Waals surface area contributed by atoms with Crippen LogP contribution in [-0.2, 0) is 26.4 Å². The summed E-state index contributed by atoms with van der Waals surface area (Å²) in [6.45, 7) is 1.61. The summed E-state index contributed by atoms with van der Waals surface area (Å²) >= 11 is 2.16. The second kappa shape index (κ2) is 7.57. The molecule has 0 fully saturated rings. The largest absolute Gasteiger partial charge is 0.252 e. The molecule has 26 heavy (non-hydrogen) atoms. The van der Waals surface area contributed by atoms with Crippen molar-refractivity contribution < 1.29 is 16.8 Å². The number of nitrogens with one attached hydrogen (secondary N) is 1. The molecule has 3 rings (SSSR count). The van der Waals surface area contributed by atoms with Gasteiger partial charge in [0.05, 0.1) is 11.9 Å². The maximum Gasteiger partial charge on any atom is 0.252 e. The molecule has 0 atom stereocenters. The van der Waals surface area contributed by atoms with Crippen LogP contribution in [0.2, 0.25) is 0 Å². The summed E-state index contributed by atoms with van der Waals surface area (Å²) in [4.78, 5) is 4.81. The predicted octanol–water partition coefficient (Wildman–Crippen LogP) is 3.14. The van der Waals surface area contributed by atoms with Crippen molar-refractivity contribution in [1.82, 2.24) is 9.71 Å². The highest BCUT2D eigenvalue weighted by atomic mass is 32.2. The Bertz CT molecular complexity index is 1100. The zero-order valence-corrected chi connectivity index (χ0v) is 17.0. The Morgan fingerprint density at radius 1 is 0.962 bits per heavy atom. The highest BCUT2D eigenvalue weighted by Crippen LogP contribution is 2.28. The summed E-state index contributed by atoms with van der Waals surface area (Å²) in [7, 11) is -6.99. The molecule has 0 spiro atoms. The Hall–Kier alpha value is -1.59. The predicted molar refractivity (Wildman–Crippen MR) is 104 cm³/mol. The maximum absolute atomic E-state index is 12.5. The van der Waals surface area contributed by atoms with Gasteiger partial charge in [0.2, 0.25) is 0 Å². The number of sulfonamides is 1. The van der Waals surface area contributed by atoms with Gasteiger partial charge in [-0.15, -0.1) is 22.7 Å². The zero-order chi connectivity index (χ0) is 18.8. The van der Waals surface area contributed by atoms with Gasteiger partial charge in [-0.1, -0.05) is 37.3 Å². The minimum atomic E-state index is -3.71. The number of thiazole rings is 1. The third-order valence-corrected chi connectivity index (χ3v) is 9.84. The molecule has 138 valence electrons. The fraction of sp³-hybridized carbons (Fsp3) is 0.188. The van der Waals surface area contributed by atoms with Crippen molar-refractivity contribution in [3.05, 3.63) is 53.5 Å². The minimum Gasteiger partial charge on any atom is -0.243 e. The van der Waals surface area contributed by atoms with Gasteiger partial charge in [-0.25, -0.2) is 26.5 Å². The number of thiophene rings is 1. The van der Waals surface area contributed by atoms with Crippen molar-refractivity contribution in [2.24, 2.45) is 0 Å². The van der Waals surface area contributed by atoms with Crippen LogP contribution in [0.1, 0.15) is 11.8 Å². The molecule has 6 nitrogen and oxygen atoms in total. The van der Waals surface area contributed by atoms with E-state index in [4.69, 9.17) is 0 Å². The van der Waals surface area contributed by atoms with Crippen LogP contribution in [0.3, 0.4) is 0 Å². The normalized spacial score (nSPS) is 12.3. The molecular weight excluding hydrogens is 412 g/mol. The van der Waals surface area contributed by atoms with E-state index in [0.29, 0.717) is 9.88 Å². The molecule has 0 saturated heterocycles. The number of hydrogen-bond acceptors (Lipinski definition) is 7. The monoisotopic (exact) mass is 428 g/mol. The highest BCUT2D eigenvalue weighted by molar-refractivity contribution is 7.93. The van der Waals surface area contributed by atoms with Crippen LogP contribution in [0.15, 0.2) is 57.1 Å². The van der Waals surface area contributed by atoms with Crippen LogP contribution in [0.25, 0.3) is 10.6 Å². The Labute approximate surface area is 160 Å². The fourth-order valence-corrected chi connectivity index (χ4v) is 6.79. The summed E-state index contributed by atoms with van der Waals surface area (Å²) in [5.74, 6) is 0.0157. The van der Waals surface area contributed by atoms with E-state index < -0.39 is 19.9 Å². The summed E-state index contributed by atoms with van der Waals surface area (Å²) in [5.41, 5.74) is 0.853. The van der Waals surface area contributed by atoms with Crippen LogP contribution in [0.4, 0.5) is 0 Å². The van der Waals surface area contributed by atoms with Crippen molar-refractivity contribution in [3.63, 3.8) is 0 Å². The molecule has 1 aromatic carbocycles. The lowest BCUT2D eigenvalue weighted by molar-refractivity contribution is 0.583. The van der Waals surface area contributed by atoms with Crippen LogP contribution in [-0.4, -0.2) is 27.6 Å². The molecule has 1 N–H and O–H groups in total. The van der Waals surface area contributed by atoms with Gasteiger partial charge >= 0.3 is 0 Å². The zero-order valence-electron chi connectivity index (χ0n) is 13.7. The average molecular weight is 429 g/mol. The molecule has 10 heteroatoms. The van der Waals surface area contributed by atoms with Gasteiger partial charge < -0.3 is 0 Å². The molecule has 0 aliphatic heterocycles. The molecule has 0 unspecified atom stereocenters. The molecule has 0 radical (unpaired) electrons. The van der Waals surface area contributed by atoms with Gasteiger partial charge in [-0.3, -0.25) is 0 Å². The van der Waals surface area contributed by atoms with Gasteiger partial charge in [-0.05, 0) is 12.1 Å². The first-order valence-corrected chi connectivity index (χ1v) is 12.4. The Morgan fingerprint density at radius 3 is 2.38 bits per heavy atom. The van der Waals surface area contributed by atoms with E-state index in [-0.39, 0.29) is 20.7 Å². The topological polar surface area (TPSA) is 93.2 Å². The first kappa shape index (κ1) is 19.2. The van der Waals surface area contributed by atoms with Gasteiger partial charge in [0, 0.05) is 17.0 Å². The van der Waals surface area contributed by atoms with Crippen LogP contribution in [0.5, 0.6) is 0 Å². The van der Waals surface area contributed by atoms with Crippen LogP contribution in [0, 0.1) is 0 Å². The van der Waals surface area contributed by atoms with Crippen molar-refractivity contribution in [2.45, 2.75) is 21.9 Å². The second-order valence-corrected chi connectivity index (χ2v) is 12.0. The number of rotatable bonds is 7.